The van der Waals surface area contributed by atoms with E-state index in [0.29, 0.717) is 0 Å². The third-order valence-corrected chi connectivity index (χ3v) is 5.26. The molecule has 2 aliphatic carbocycles. The van der Waals surface area contributed by atoms with E-state index in [9.17, 15) is 26.3 Å². The van der Waals surface area contributed by atoms with Gasteiger partial charge in [-0.3, -0.25) is 0 Å². The maximum atomic E-state index is 12.7. The Bertz CT molecular complexity index is 349. The van der Waals surface area contributed by atoms with Crippen molar-refractivity contribution >= 4 is 7.92 Å². The number of hydrogen-bond donors (Lipinski definition) is 0. The Labute approximate surface area is 158 Å². The van der Waals surface area contributed by atoms with Crippen molar-refractivity contribution in [3.63, 3.8) is 0 Å². The molecule has 0 N–H and O–H groups in total. The van der Waals surface area contributed by atoms with Crippen molar-refractivity contribution in [2.45, 2.75) is 24.8 Å². The molecule has 2 rings (SSSR count). The first-order valence-electron chi connectivity index (χ1n) is 6.98. The molecule has 0 aromatic carbocycles. The van der Waals surface area contributed by atoms with E-state index in [-0.39, 0.29) is 23.0 Å². The van der Waals surface area contributed by atoms with Crippen LogP contribution in [0.3, 0.4) is 0 Å². The molecule has 1 atom stereocenters. The predicted molar refractivity (Wildman–Crippen MR) is 83.1 cm³/mol. The first-order chi connectivity index (χ1) is 11.0. The van der Waals surface area contributed by atoms with Gasteiger partial charge in [0, 0.05) is 17.6 Å². The molecule has 0 aromatic heterocycles. The second kappa shape index (κ2) is 10.7. The van der Waals surface area contributed by atoms with E-state index in [1.165, 1.54) is 12.8 Å². The van der Waals surface area contributed by atoms with Gasteiger partial charge in [-0.05, 0) is 72.4 Å². The zero-order chi connectivity index (χ0) is 18.5. The van der Waals surface area contributed by atoms with E-state index in [0.717, 1.165) is 6.42 Å². The van der Waals surface area contributed by atoms with E-state index in [1.54, 1.807) is 25.9 Å². The van der Waals surface area contributed by atoms with Crippen molar-refractivity contribution in [3.05, 3.63) is 62.9 Å². The normalized spacial score (nSPS) is 21.2. The number of rotatable bonds is 3. The molecular formula is C16H18F6FeNP+2. The molecule has 2 aliphatic rings. The fraction of sp³-hybridized carbons (Fsp3) is 0.375. The van der Waals surface area contributed by atoms with Crippen molar-refractivity contribution in [2.75, 3.05) is 14.1 Å². The second-order valence-corrected chi connectivity index (χ2v) is 7.41. The molecule has 10 radical (unpaired) electrons. The summed E-state index contributed by atoms with van der Waals surface area (Å²) in [6.45, 7) is 1.57. The average Bonchev–Trinajstić information content (AvgIpc) is 3.08. The van der Waals surface area contributed by atoms with Gasteiger partial charge in [0.25, 0.3) is 0 Å². The van der Waals surface area contributed by atoms with Gasteiger partial charge in [0.05, 0.1) is 0 Å². The van der Waals surface area contributed by atoms with Crippen LogP contribution in [-0.2, 0) is 17.1 Å². The molecule has 0 aliphatic heterocycles. The molecule has 0 bridgehead atoms. The van der Waals surface area contributed by atoms with Crippen LogP contribution in [0, 0.1) is 62.9 Å². The number of hydrogen-bond acceptors (Lipinski definition) is 1. The first kappa shape index (κ1) is 25.5. The topological polar surface area (TPSA) is 3.24 Å². The van der Waals surface area contributed by atoms with Crippen LogP contribution in [0.15, 0.2) is 0 Å². The van der Waals surface area contributed by atoms with E-state index in [1.807, 2.05) is 32.1 Å². The van der Waals surface area contributed by atoms with Gasteiger partial charge in [0.15, 0.2) is 0 Å². The smallest absolute Gasteiger partial charge is 0.306 e. The molecule has 0 unspecified atom stereocenters. The summed E-state index contributed by atoms with van der Waals surface area (Å²) in [4.78, 5) is 1.57. The Hall–Kier alpha value is 0.489. The second-order valence-electron chi connectivity index (χ2n) is 5.24. The maximum Gasteiger partial charge on any atom is 2.00 e. The standard InChI is InChI=1S/C11H13F6NP.C5H5.Fe/c1-7(18(2)3)8-5-4-6-9(8)19(10(12,13)14)11(15,16)17;1-2-4-5-3-1;/h4-7H,1-3H3;1-5H;/q;;+2/t7-;;/m1../s1. The summed E-state index contributed by atoms with van der Waals surface area (Å²) in [5.41, 5.74) is -0.656. The van der Waals surface area contributed by atoms with Gasteiger partial charge < -0.3 is 4.90 Å². The van der Waals surface area contributed by atoms with E-state index in [2.05, 4.69) is 0 Å². The summed E-state index contributed by atoms with van der Waals surface area (Å²) in [6.07, 6.45) is 13.5. The molecule has 0 aromatic rings. The summed E-state index contributed by atoms with van der Waals surface area (Å²) < 4.78 is 76.3. The molecule has 2 fully saturated rings. The summed E-state index contributed by atoms with van der Waals surface area (Å²) >= 11 is 0. The van der Waals surface area contributed by atoms with Gasteiger partial charge in [-0.2, -0.15) is 26.3 Å². The average molecular weight is 425 g/mol. The molecule has 2 saturated carbocycles. The van der Waals surface area contributed by atoms with E-state index >= 15 is 0 Å². The molecule has 0 saturated heterocycles. The molecule has 140 valence electrons. The molecule has 9 heteroatoms. The fourth-order valence-corrected chi connectivity index (χ4v) is 3.59. The van der Waals surface area contributed by atoms with E-state index < -0.39 is 31.5 Å². The predicted octanol–water partition coefficient (Wildman–Crippen LogP) is 5.21. The van der Waals surface area contributed by atoms with Crippen LogP contribution in [0.25, 0.3) is 0 Å². The Morgan fingerprint density at radius 1 is 0.800 bits per heavy atom. The molecule has 0 amide bonds. The van der Waals surface area contributed by atoms with Crippen LogP contribution in [-0.4, -0.2) is 36.9 Å². The monoisotopic (exact) mass is 425 g/mol. The molecule has 0 spiro atoms. The van der Waals surface area contributed by atoms with Crippen LogP contribution < -0.4 is 0 Å². The fourth-order valence-electron chi connectivity index (χ4n) is 2.00. The minimum Gasteiger partial charge on any atom is -0.306 e. The minimum atomic E-state index is -5.29. The Morgan fingerprint density at radius 2 is 1.20 bits per heavy atom. The number of nitrogens with zero attached hydrogens (tertiary/aromatic N) is 1. The van der Waals surface area contributed by atoms with Crippen LogP contribution in [0.5, 0.6) is 0 Å². The molecule has 25 heavy (non-hydrogen) atoms. The zero-order valence-electron chi connectivity index (χ0n) is 13.7. The third-order valence-electron chi connectivity index (χ3n) is 3.35. The van der Waals surface area contributed by atoms with Crippen molar-refractivity contribution in [2.24, 2.45) is 0 Å². The maximum absolute atomic E-state index is 12.7. The van der Waals surface area contributed by atoms with Crippen molar-refractivity contribution in [3.8, 4) is 0 Å². The molecular weight excluding hydrogens is 407 g/mol. The number of halogens is 6. The van der Waals surface area contributed by atoms with Crippen molar-refractivity contribution in [1.29, 1.82) is 0 Å². The largest absolute Gasteiger partial charge is 2.00 e. The van der Waals surface area contributed by atoms with Crippen molar-refractivity contribution in [1.82, 2.24) is 4.90 Å². The summed E-state index contributed by atoms with van der Waals surface area (Å²) in [5, 5.41) is 0. The molecule has 0 heterocycles. The van der Waals surface area contributed by atoms with Gasteiger partial charge in [-0.25, -0.2) is 0 Å². The first-order valence-corrected chi connectivity index (χ1v) is 8.33. The number of alkyl halides is 6. The Kier molecular flexibility index (Phi) is 10.9. The Morgan fingerprint density at radius 3 is 1.52 bits per heavy atom. The van der Waals surface area contributed by atoms with Crippen LogP contribution >= 0.6 is 7.92 Å². The minimum absolute atomic E-state index is 0. The summed E-state index contributed by atoms with van der Waals surface area (Å²) in [5.74, 6) is -10.5. The zero-order valence-corrected chi connectivity index (χ0v) is 15.7. The van der Waals surface area contributed by atoms with Gasteiger partial charge in [0.2, 0.25) is 0 Å². The summed E-state index contributed by atoms with van der Waals surface area (Å²) in [6, 6.07) is -0.514. The quantitative estimate of drug-likeness (QED) is 0.341. The van der Waals surface area contributed by atoms with Gasteiger partial charge in [0.1, 0.15) is 7.92 Å². The van der Waals surface area contributed by atoms with Crippen LogP contribution in [0.2, 0.25) is 0 Å². The summed E-state index contributed by atoms with van der Waals surface area (Å²) in [7, 11) is -1.00. The van der Waals surface area contributed by atoms with Crippen molar-refractivity contribution < 1.29 is 43.4 Å². The Balaban J connectivity index is 0.000000820. The van der Waals surface area contributed by atoms with Crippen LogP contribution in [0.4, 0.5) is 26.3 Å². The van der Waals surface area contributed by atoms with Gasteiger partial charge in [-0.1, -0.05) is 0 Å². The molecule has 1 nitrogen and oxygen atoms in total. The SMILES string of the molecule is C[C@H]([C]1[CH][CH][CH][C]1P(C(F)(F)F)C(F)(F)F)N(C)C.[CH]1[CH][CH][CH][CH]1.[Fe+2]. The van der Waals surface area contributed by atoms with Gasteiger partial charge in [-0.15, -0.1) is 0 Å². The third kappa shape index (κ3) is 7.94. The van der Waals surface area contributed by atoms with E-state index in [4.69, 9.17) is 0 Å². The van der Waals surface area contributed by atoms with Crippen LogP contribution in [0.1, 0.15) is 6.92 Å². The van der Waals surface area contributed by atoms with Gasteiger partial charge >= 0.3 is 28.9 Å².